The maximum Gasteiger partial charge on any atom is 0.126 e. The average molecular weight is 307 g/mol. The van der Waals surface area contributed by atoms with Crippen LogP contribution in [0.25, 0.3) is 0 Å². The number of hydrogen-bond acceptors (Lipinski definition) is 3. The molecule has 2 rings (SSSR count). The van der Waals surface area contributed by atoms with Crippen LogP contribution >= 0.6 is 15.9 Å². The maximum absolute atomic E-state index is 9.47. The van der Waals surface area contributed by atoms with E-state index < -0.39 is 0 Å². The molecule has 0 aliphatic rings. The van der Waals surface area contributed by atoms with Gasteiger partial charge in [-0.25, -0.2) is 4.98 Å². The van der Waals surface area contributed by atoms with Gasteiger partial charge in [-0.15, -0.1) is 0 Å². The summed E-state index contributed by atoms with van der Waals surface area (Å²) < 4.78 is 0.980. The van der Waals surface area contributed by atoms with Crippen molar-refractivity contribution in [1.82, 2.24) is 4.98 Å². The number of hydrogen-bond donors (Lipinski definition) is 2. The molecule has 1 heterocycles. The molecule has 1 aromatic heterocycles. The lowest BCUT2D eigenvalue weighted by Gasteiger charge is -2.17. The van der Waals surface area contributed by atoms with Crippen molar-refractivity contribution >= 4 is 21.7 Å². The zero-order valence-electron chi connectivity index (χ0n) is 10.1. The molecule has 1 atom stereocenters. The predicted octanol–water partition coefficient (Wildman–Crippen LogP) is 3.30. The first-order chi connectivity index (χ1) is 8.70. The van der Waals surface area contributed by atoms with Gasteiger partial charge in [-0.1, -0.05) is 30.3 Å². The molecule has 0 aliphatic heterocycles. The third kappa shape index (κ3) is 3.09. The van der Waals surface area contributed by atoms with Crippen LogP contribution in [0.2, 0.25) is 0 Å². The van der Waals surface area contributed by atoms with Crippen LogP contribution in [0.3, 0.4) is 0 Å². The van der Waals surface area contributed by atoms with Crippen LogP contribution in [0.15, 0.2) is 46.9 Å². The Morgan fingerprint density at radius 3 is 2.56 bits per heavy atom. The molecule has 0 saturated heterocycles. The molecule has 2 N–H and O–H groups in total. The van der Waals surface area contributed by atoms with Crippen LogP contribution < -0.4 is 5.32 Å². The second-order valence-electron chi connectivity index (χ2n) is 4.05. The van der Waals surface area contributed by atoms with E-state index in [-0.39, 0.29) is 12.6 Å². The smallest absolute Gasteiger partial charge is 0.126 e. The van der Waals surface area contributed by atoms with Gasteiger partial charge in [0.25, 0.3) is 0 Å². The van der Waals surface area contributed by atoms with Crippen LogP contribution in [0.1, 0.15) is 17.3 Å². The van der Waals surface area contributed by atoms with Crippen molar-refractivity contribution in [1.29, 1.82) is 0 Å². The van der Waals surface area contributed by atoms with E-state index in [1.54, 1.807) is 0 Å². The van der Waals surface area contributed by atoms with Gasteiger partial charge in [0, 0.05) is 4.47 Å². The van der Waals surface area contributed by atoms with E-state index in [1.807, 2.05) is 49.4 Å². The van der Waals surface area contributed by atoms with E-state index in [1.165, 1.54) is 0 Å². The van der Waals surface area contributed by atoms with E-state index in [0.29, 0.717) is 0 Å². The molecule has 4 heteroatoms. The predicted molar refractivity (Wildman–Crippen MR) is 76.6 cm³/mol. The fraction of sp³-hybridized carbons (Fsp3) is 0.214. The van der Waals surface area contributed by atoms with E-state index in [4.69, 9.17) is 0 Å². The minimum Gasteiger partial charge on any atom is -0.394 e. The van der Waals surface area contributed by atoms with Crippen molar-refractivity contribution in [2.75, 3.05) is 11.9 Å². The van der Waals surface area contributed by atoms with Crippen molar-refractivity contribution in [3.63, 3.8) is 0 Å². The number of nitrogens with one attached hydrogen (secondary N) is 1. The van der Waals surface area contributed by atoms with Crippen LogP contribution in [0, 0.1) is 6.92 Å². The molecule has 1 aromatic carbocycles. The fourth-order valence-corrected chi connectivity index (χ4v) is 1.94. The molecule has 0 fully saturated rings. The third-order valence-corrected chi connectivity index (χ3v) is 3.57. The molecule has 94 valence electrons. The number of pyridine rings is 1. The summed E-state index contributed by atoms with van der Waals surface area (Å²) in [5.41, 5.74) is 1.96. The first kappa shape index (κ1) is 13.1. The summed E-state index contributed by atoms with van der Waals surface area (Å²) in [5.74, 6) is 0.763. The molecule has 0 spiro atoms. The zero-order valence-corrected chi connectivity index (χ0v) is 11.7. The van der Waals surface area contributed by atoms with Crippen LogP contribution in [-0.4, -0.2) is 16.7 Å². The fourth-order valence-electron chi connectivity index (χ4n) is 1.72. The molecule has 18 heavy (non-hydrogen) atoms. The quantitative estimate of drug-likeness (QED) is 0.911. The summed E-state index contributed by atoms with van der Waals surface area (Å²) in [5, 5.41) is 12.7. The van der Waals surface area contributed by atoms with Crippen molar-refractivity contribution < 1.29 is 5.11 Å². The van der Waals surface area contributed by atoms with Crippen molar-refractivity contribution in [2.24, 2.45) is 0 Å². The number of nitrogens with zero attached hydrogens (tertiary/aromatic N) is 1. The molecule has 1 unspecified atom stereocenters. The Balaban J connectivity index is 2.18. The van der Waals surface area contributed by atoms with Crippen LogP contribution in [0.5, 0.6) is 0 Å². The highest BCUT2D eigenvalue weighted by atomic mass is 79.9. The Bertz CT molecular complexity index is 516. The van der Waals surface area contributed by atoms with E-state index in [0.717, 1.165) is 21.5 Å². The number of anilines is 1. The molecule has 0 saturated carbocycles. The monoisotopic (exact) mass is 306 g/mol. The topological polar surface area (TPSA) is 45.2 Å². The lowest BCUT2D eigenvalue weighted by molar-refractivity contribution is 0.276. The lowest BCUT2D eigenvalue weighted by Crippen LogP contribution is -2.15. The Kier molecular flexibility index (Phi) is 4.33. The highest BCUT2D eigenvalue weighted by Gasteiger charge is 2.10. The van der Waals surface area contributed by atoms with Gasteiger partial charge >= 0.3 is 0 Å². The Morgan fingerprint density at radius 2 is 1.94 bits per heavy atom. The summed E-state index contributed by atoms with van der Waals surface area (Å²) >= 11 is 3.42. The SMILES string of the molecule is Cc1nc(NC(CO)c2ccccc2)ccc1Br. The summed E-state index contributed by atoms with van der Waals surface area (Å²) in [4.78, 5) is 4.42. The second kappa shape index (κ2) is 5.98. The Morgan fingerprint density at radius 1 is 1.22 bits per heavy atom. The van der Waals surface area contributed by atoms with E-state index in [2.05, 4.69) is 26.2 Å². The summed E-state index contributed by atoms with van der Waals surface area (Å²) in [6.45, 7) is 1.96. The molecule has 3 nitrogen and oxygen atoms in total. The Hall–Kier alpha value is -1.39. The van der Waals surface area contributed by atoms with Gasteiger partial charge < -0.3 is 10.4 Å². The lowest BCUT2D eigenvalue weighted by atomic mass is 10.1. The number of aryl methyl sites for hydroxylation is 1. The van der Waals surface area contributed by atoms with Gasteiger partial charge in [0.15, 0.2) is 0 Å². The minimum absolute atomic E-state index is 0.0286. The van der Waals surface area contributed by atoms with E-state index in [9.17, 15) is 5.11 Å². The van der Waals surface area contributed by atoms with Crippen LogP contribution in [0.4, 0.5) is 5.82 Å². The van der Waals surface area contributed by atoms with Gasteiger partial charge in [0.2, 0.25) is 0 Å². The number of rotatable bonds is 4. The molecular weight excluding hydrogens is 292 g/mol. The van der Waals surface area contributed by atoms with Gasteiger partial charge in [0.05, 0.1) is 18.3 Å². The molecular formula is C14H15BrN2O. The number of aliphatic hydroxyl groups excluding tert-OH is 1. The highest BCUT2D eigenvalue weighted by Crippen LogP contribution is 2.21. The molecule has 0 radical (unpaired) electrons. The Labute approximate surface area is 115 Å². The summed E-state index contributed by atoms with van der Waals surface area (Å²) in [6.07, 6.45) is 0. The highest BCUT2D eigenvalue weighted by molar-refractivity contribution is 9.10. The van der Waals surface area contributed by atoms with Crippen molar-refractivity contribution in [3.8, 4) is 0 Å². The molecule has 0 amide bonds. The van der Waals surface area contributed by atoms with Gasteiger partial charge in [-0.3, -0.25) is 0 Å². The zero-order chi connectivity index (χ0) is 13.0. The number of halogens is 1. The standard InChI is InChI=1S/C14H15BrN2O/c1-10-12(15)7-8-14(16-10)17-13(9-18)11-5-3-2-4-6-11/h2-8,13,18H,9H2,1H3,(H,16,17). The van der Waals surface area contributed by atoms with Crippen molar-refractivity contribution in [2.45, 2.75) is 13.0 Å². The van der Waals surface area contributed by atoms with Crippen LogP contribution in [-0.2, 0) is 0 Å². The number of benzene rings is 1. The first-order valence-electron chi connectivity index (χ1n) is 5.76. The first-order valence-corrected chi connectivity index (χ1v) is 6.55. The van der Waals surface area contributed by atoms with E-state index >= 15 is 0 Å². The maximum atomic E-state index is 9.47. The van der Waals surface area contributed by atoms with Crippen molar-refractivity contribution in [3.05, 3.63) is 58.2 Å². The molecule has 2 aromatic rings. The van der Waals surface area contributed by atoms with Gasteiger partial charge in [-0.05, 0) is 40.5 Å². The largest absolute Gasteiger partial charge is 0.394 e. The normalized spacial score (nSPS) is 12.2. The average Bonchev–Trinajstić information content (AvgIpc) is 2.41. The minimum atomic E-state index is -0.140. The second-order valence-corrected chi connectivity index (χ2v) is 4.91. The van der Waals surface area contributed by atoms with Gasteiger partial charge in [0.1, 0.15) is 5.82 Å². The number of aromatic nitrogens is 1. The molecule has 0 aliphatic carbocycles. The van der Waals surface area contributed by atoms with Gasteiger partial charge in [-0.2, -0.15) is 0 Å². The number of aliphatic hydroxyl groups is 1. The summed E-state index contributed by atoms with van der Waals surface area (Å²) in [7, 11) is 0. The third-order valence-electron chi connectivity index (χ3n) is 2.73. The molecule has 0 bridgehead atoms. The summed E-state index contributed by atoms with van der Waals surface area (Å²) in [6, 6.07) is 13.5.